The van der Waals surface area contributed by atoms with Crippen molar-refractivity contribution in [2.45, 2.75) is 37.6 Å². The van der Waals surface area contributed by atoms with Crippen molar-refractivity contribution >= 4 is 30.9 Å². The number of anilines is 1. The molecule has 1 aliphatic carbocycles. The lowest BCUT2D eigenvalue weighted by Crippen LogP contribution is -2.64. The Bertz CT molecular complexity index is 523. The molecule has 5 heteroatoms. The molecule has 2 fully saturated rings. The van der Waals surface area contributed by atoms with Crippen molar-refractivity contribution in [3.8, 4) is 0 Å². The van der Waals surface area contributed by atoms with Crippen LogP contribution in [0, 0.1) is 5.92 Å². The Morgan fingerprint density at radius 1 is 1.20 bits per heavy atom. The predicted octanol–water partition coefficient (Wildman–Crippen LogP) is 1.55. The number of rotatable bonds is 2. The molecule has 3 N–H and O–H groups in total. The average molecular weight is 292 g/mol. The molecule has 1 saturated heterocycles. The third-order valence-corrected chi connectivity index (χ3v) is 4.37. The van der Waals surface area contributed by atoms with Gasteiger partial charge in [-0.25, -0.2) is 0 Å². The highest BCUT2D eigenvalue weighted by Crippen LogP contribution is 2.38. The Morgan fingerprint density at radius 3 is 2.40 bits per heavy atom. The van der Waals surface area contributed by atoms with Gasteiger partial charge >= 0.3 is 0 Å². The van der Waals surface area contributed by atoms with Gasteiger partial charge in [0.1, 0.15) is 0 Å². The van der Waals surface area contributed by atoms with Gasteiger partial charge in [0.2, 0.25) is 5.91 Å². The molecule has 1 aliphatic heterocycles. The summed E-state index contributed by atoms with van der Waals surface area (Å²) in [7, 11) is 0. The monoisotopic (exact) mass is 292 g/mol. The van der Waals surface area contributed by atoms with Crippen LogP contribution < -0.4 is 11.1 Å². The van der Waals surface area contributed by atoms with Gasteiger partial charge in [-0.2, -0.15) is 13.5 Å². The highest BCUT2D eigenvalue weighted by Gasteiger charge is 2.49. The first-order valence-electron chi connectivity index (χ1n) is 6.79. The minimum absolute atomic E-state index is 0. The summed E-state index contributed by atoms with van der Waals surface area (Å²) in [6.45, 7) is 0. The standard InChI is InChI=1S/C15H18N2O2.H2S/c16-12-4-2-10(3-5-12)8-11-9-13(18)15(6-1-7-15)17-14(11)19;/h2-5,11H,1,6-9,16H2,(H,17,19);1H2/t11-;/m1./s1. The van der Waals surface area contributed by atoms with Crippen LogP contribution in [0.25, 0.3) is 0 Å². The maximum absolute atomic E-state index is 12.2. The van der Waals surface area contributed by atoms with Crippen LogP contribution in [0.15, 0.2) is 24.3 Å². The molecule has 4 nitrogen and oxygen atoms in total. The van der Waals surface area contributed by atoms with Crippen molar-refractivity contribution in [2.75, 3.05) is 5.73 Å². The zero-order chi connectivity index (χ0) is 13.5. The quantitative estimate of drug-likeness (QED) is 0.812. The zero-order valence-corrected chi connectivity index (χ0v) is 12.3. The number of amides is 1. The lowest BCUT2D eigenvalue weighted by Gasteiger charge is -2.45. The molecule has 0 unspecified atom stereocenters. The molecule has 2 aliphatic rings. The predicted molar refractivity (Wildman–Crippen MR) is 82.8 cm³/mol. The van der Waals surface area contributed by atoms with Crippen molar-refractivity contribution in [3.05, 3.63) is 29.8 Å². The average Bonchev–Trinajstić information content (AvgIpc) is 2.34. The minimum Gasteiger partial charge on any atom is -0.399 e. The second-order valence-corrected chi connectivity index (χ2v) is 5.69. The smallest absolute Gasteiger partial charge is 0.224 e. The Kier molecular flexibility index (Phi) is 4.09. The first-order chi connectivity index (χ1) is 9.09. The number of ketones is 1. The second-order valence-electron chi connectivity index (χ2n) is 5.69. The van der Waals surface area contributed by atoms with E-state index in [2.05, 4.69) is 5.32 Å². The number of Topliss-reactive ketones (excluding diaryl/α,β-unsaturated/α-hetero) is 1. The Labute approximate surface area is 125 Å². The third-order valence-electron chi connectivity index (χ3n) is 4.37. The number of benzene rings is 1. The highest BCUT2D eigenvalue weighted by molar-refractivity contribution is 7.59. The topological polar surface area (TPSA) is 72.2 Å². The number of hydrogen-bond donors (Lipinski definition) is 2. The number of piperidine rings is 1. The summed E-state index contributed by atoms with van der Waals surface area (Å²) in [5.74, 6) is -0.00253. The Morgan fingerprint density at radius 2 is 1.85 bits per heavy atom. The van der Waals surface area contributed by atoms with Crippen molar-refractivity contribution in [2.24, 2.45) is 5.92 Å². The molecule has 20 heavy (non-hydrogen) atoms. The van der Waals surface area contributed by atoms with Crippen molar-refractivity contribution in [3.63, 3.8) is 0 Å². The number of nitrogen functional groups attached to an aromatic ring is 1. The van der Waals surface area contributed by atoms with Crippen LogP contribution in [-0.4, -0.2) is 17.2 Å². The molecule has 0 aromatic heterocycles. The maximum atomic E-state index is 12.2. The van der Waals surface area contributed by atoms with Crippen LogP contribution in [0.3, 0.4) is 0 Å². The van der Waals surface area contributed by atoms with Gasteiger partial charge in [0.25, 0.3) is 0 Å². The van der Waals surface area contributed by atoms with E-state index in [4.69, 9.17) is 5.73 Å². The fraction of sp³-hybridized carbons (Fsp3) is 0.467. The van der Waals surface area contributed by atoms with Crippen LogP contribution >= 0.6 is 13.5 Å². The number of carbonyl (C=O) groups is 2. The third kappa shape index (κ3) is 2.54. The van der Waals surface area contributed by atoms with Gasteiger partial charge in [0.05, 0.1) is 5.54 Å². The first kappa shape index (κ1) is 14.9. The molecule has 1 aromatic carbocycles. The molecular formula is C15H20N2O2S. The number of carbonyl (C=O) groups excluding carboxylic acids is 2. The fourth-order valence-corrected chi connectivity index (χ4v) is 2.96. The van der Waals surface area contributed by atoms with E-state index in [1.54, 1.807) is 0 Å². The van der Waals surface area contributed by atoms with Gasteiger partial charge in [-0.05, 0) is 43.4 Å². The number of hydrogen-bond acceptors (Lipinski definition) is 3. The van der Waals surface area contributed by atoms with Gasteiger partial charge in [-0.15, -0.1) is 0 Å². The van der Waals surface area contributed by atoms with Crippen molar-refractivity contribution < 1.29 is 9.59 Å². The summed E-state index contributed by atoms with van der Waals surface area (Å²) in [4.78, 5) is 24.3. The van der Waals surface area contributed by atoms with E-state index in [9.17, 15) is 9.59 Å². The van der Waals surface area contributed by atoms with Gasteiger partial charge in [-0.1, -0.05) is 12.1 Å². The van der Waals surface area contributed by atoms with Crippen molar-refractivity contribution in [1.82, 2.24) is 5.32 Å². The summed E-state index contributed by atoms with van der Waals surface area (Å²) < 4.78 is 0. The largest absolute Gasteiger partial charge is 0.399 e. The molecule has 0 radical (unpaired) electrons. The molecule has 1 saturated carbocycles. The Balaban J connectivity index is 0.00000147. The second kappa shape index (κ2) is 5.48. The lowest BCUT2D eigenvalue weighted by atomic mass is 9.68. The van der Waals surface area contributed by atoms with Gasteiger partial charge in [0.15, 0.2) is 5.78 Å². The van der Waals surface area contributed by atoms with Crippen LogP contribution in [0.4, 0.5) is 5.69 Å². The summed E-state index contributed by atoms with van der Waals surface area (Å²) in [5.41, 5.74) is 6.89. The molecule has 108 valence electrons. The van der Waals surface area contributed by atoms with Gasteiger partial charge in [-0.3, -0.25) is 9.59 Å². The van der Waals surface area contributed by atoms with E-state index in [0.29, 0.717) is 18.5 Å². The number of nitrogens with one attached hydrogen (secondary N) is 1. The summed E-state index contributed by atoms with van der Waals surface area (Å²) >= 11 is 0. The van der Waals surface area contributed by atoms with Crippen LogP contribution in [-0.2, 0) is 16.0 Å². The zero-order valence-electron chi connectivity index (χ0n) is 11.3. The SMILES string of the molecule is Nc1ccc(C[C@@H]2CC(=O)C3(CCC3)NC2=O)cc1.S. The lowest BCUT2D eigenvalue weighted by molar-refractivity contribution is -0.144. The fourth-order valence-electron chi connectivity index (χ4n) is 2.96. The number of nitrogens with two attached hydrogens (primary N) is 1. The van der Waals surface area contributed by atoms with E-state index in [-0.39, 0.29) is 31.1 Å². The van der Waals surface area contributed by atoms with E-state index in [0.717, 1.165) is 24.8 Å². The minimum atomic E-state index is -0.505. The highest BCUT2D eigenvalue weighted by atomic mass is 32.1. The molecule has 1 amide bonds. The molecular weight excluding hydrogens is 272 g/mol. The molecule has 1 heterocycles. The summed E-state index contributed by atoms with van der Waals surface area (Å²) in [6, 6.07) is 7.48. The van der Waals surface area contributed by atoms with E-state index in [1.165, 1.54) is 0 Å². The summed E-state index contributed by atoms with van der Waals surface area (Å²) in [5, 5.41) is 2.95. The molecule has 3 rings (SSSR count). The Hall–Kier alpha value is -1.49. The summed E-state index contributed by atoms with van der Waals surface area (Å²) in [6.07, 6.45) is 3.64. The first-order valence-corrected chi connectivity index (χ1v) is 6.79. The maximum Gasteiger partial charge on any atom is 0.224 e. The van der Waals surface area contributed by atoms with Gasteiger partial charge < -0.3 is 11.1 Å². The van der Waals surface area contributed by atoms with E-state index >= 15 is 0 Å². The van der Waals surface area contributed by atoms with Crippen molar-refractivity contribution in [1.29, 1.82) is 0 Å². The normalized spacial score (nSPS) is 23.7. The van der Waals surface area contributed by atoms with Crippen LogP contribution in [0.2, 0.25) is 0 Å². The van der Waals surface area contributed by atoms with Gasteiger partial charge in [0, 0.05) is 18.0 Å². The molecule has 1 atom stereocenters. The molecule has 1 aromatic rings. The van der Waals surface area contributed by atoms with Crippen LogP contribution in [0.1, 0.15) is 31.2 Å². The molecule has 1 spiro atoms. The molecule has 0 bridgehead atoms. The van der Waals surface area contributed by atoms with Crippen LogP contribution in [0.5, 0.6) is 0 Å². The van der Waals surface area contributed by atoms with E-state index < -0.39 is 5.54 Å². The van der Waals surface area contributed by atoms with E-state index in [1.807, 2.05) is 24.3 Å².